The molecule has 0 amide bonds. The van der Waals surface area contributed by atoms with Crippen molar-refractivity contribution < 1.29 is 9.13 Å². The summed E-state index contributed by atoms with van der Waals surface area (Å²) in [7, 11) is 0. The Hall–Kier alpha value is -3.33. The largest absolute Gasteiger partial charge is 0.471 e. The smallest absolute Gasteiger partial charge is 0.220 e. The number of nitrogens with zero attached hydrogens (tertiary/aromatic N) is 4. The van der Waals surface area contributed by atoms with Gasteiger partial charge in [0.05, 0.1) is 11.3 Å². The molecule has 0 N–H and O–H groups in total. The van der Waals surface area contributed by atoms with Gasteiger partial charge in [0.25, 0.3) is 0 Å². The third kappa shape index (κ3) is 3.63. The molecule has 134 valence electrons. The lowest BCUT2D eigenvalue weighted by Crippen LogP contribution is -2.10. The van der Waals surface area contributed by atoms with Crippen LogP contribution in [-0.2, 0) is 19.4 Å². The molecule has 1 aliphatic rings. The fourth-order valence-corrected chi connectivity index (χ4v) is 3.32. The van der Waals surface area contributed by atoms with Crippen LogP contribution in [0.15, 0.2) is 42.7 Å². The van der Waals surface area contributed by atoms with Crippen LogP contribution in [0.3, 0.4) is 0 Å². The molecule has 0 fully saturated rings. The summed E-state index contributed by atoms with van der Waals surface area (Å²) in [6.45, 7) is 0.283. The van der Waals surface area contributed by atoms with Gasteiger partial charge in [-0.05, 0) is 55.0 Å². The van der Waals surface area contributed by atoms with E-state index in [0.29, 0.717) is 22.6 Å². The SMILES string of the molecule is N#Cc1cnc(F)c(-c2cc(OCc3ccccn3)nc3c2CCCC3)c1. The van der Waals surface area contributed by atoms with Crippen LogP contribution in [0.25, 0.3) is 11.1 Å². The second-order valence-electron chi connectivity index (χ2n) is 6.42. The maximum atomic E-state index is 14.5. The second-order valence-corrected chi connectivity index (χ2v) is 6.42. The number of nitriles is 1. The van der Waals surface area contributed by atoms with Crippen LogP contribution in [0, 0.1) is 17.3 Å². The topological polar surface area (TPSA) is 71.7 Å². The first-order valence-corrected chi connectivity index (χ1v) is 8.86. The molecule has 4 rings (SSSR count). The Kier molecular flexibility index (Phi) is 4.75. The molecule has 1 aliphatic carbocycles. The third-order valence-electron chi connectivity index (χ3n) is 4.63. The molecule has 3 aromatic heterocycles. The molecule has 6 heteroatoms. The number of hydrogen-bond acceptors (Lipinski definition) is 5. The van der Waals surface area contributed by atoms with Crippen molar-refractivity contribution in [3.05, 3.63) is 71.2 Å². The molecule has 0 radical (unpaired) electrons. The highest BCUT2D eigenvalue weighted by Gasteiger charge is 2.21. The van der Waals surface area contributed by atoms with Crippen LogP contribution in [0.2, 0.25) is 0 Å². The number of aromatic nitrogens is 3. The standard InChI is InChI=1S/C21H17FN4O/c22-21-18(9-14(11-23)12-25-21)17-10-20(26-19-7-2-1-6-16(17)19)27-13-15-5-3-4-8-24-15/h3-5,8-10,12H,1-2,6-7,13H2. The zero-order valence-corrected chi connectivity index (χ0v) is 14.7. The van der Waals surface area contributed by atoms with Crippen LogP contribution in [0.5, 0.6) is 5.88 Å². The molecule has 27 heavy (non-hydrogen) atoms. The minimum atomic E-state index is -0.594. The van der Waals surface area contributed by atoms with Crippen LogP contribution in [-0.4, -0.2) is 15.0 Å². The van der Waals surface area contributed by atoms with E-state index >= 15 is 0 Å². The molecule has 0 saturated heterocycles. The fraction of sp³-hybridized carbons (Fsp3) is 0.238. The summed E-state index contributed by atoms with van der Waals surface area (Å²) in [6.07, 6.45) is 6.68. The van der Waals surface area contributed by atoms with E-state index in [9.17, 15) is 4.39 Å². The van der Waals surface area contributed by atoms with Crippen molar-refractivity contribution in [1.82, 2.24) is 15.0 Å². The molecule has 5 nitrogen and oxygen atoms in total. The maximum Gasteiger partial charge on any atom is 0.220 e. The lowest BCUT2D eigenvalue weighted by atomic mass is 9.89. The fourth-order valence-electron chi connectivity index (χ4n) is 3.32. The van der Waals surface area contributed by atoms with Gasteiger partial charge in [-0.1, -0.05) is 6.07 Å². The predicted molar refractivity (Wildman–Crippen MR) is 97.4 cm³/mol. The Balaban J connectivity index is 1.75. The zero-order valence-electron chi connectivity index (χ0n) is 14.7. The Bertz CT molecular complexity index is 1010. The van der Waals surface area contributed by atoms with E-state index in [1.807, 2.05) is 24.3 Å². The summed E-state index contributed by atoms with van der Waals surface area (Å²) in [5.74, 6) is -0.165. The molecule has 0 saturated carbocycles. The van der Waals surface area contributed by atoms with Crippen molar-refractivity contribution in [2.24, 2.45) is 0 Å². The van der Waals surface area contributed by atoms with E-state index in [2.05, 4.69) is 15.0 Å². The van der Waals surface area contributed by atoms with Crippen molar-refractivity contribution >= 4 is 0 Å². The molecule has 0 spiro atoms. The van der Waals surface area contributed by atoms with Crippen molar-refractivity contribution in [2.45, 2.75) is 32.3 Å². The Morgan fingerprint density at radius 3 is 2.81 bits per heavy atom. The number of aryl methyl sites for hydroxylation is 1. The first kappa shape index (κ1) is 17.1. The number of pyridine rings is 3. The monoisotopic (exact) mass is 360 g/mol. The minimum Gasteiger partial charge on any atom is -0.471 e. The van der Waals surface area contributed by atoms with Gasteiger partial charge in [0.2, 0.25) is 11.8 Å². The highest BCUT2D eigenvalue weighted by Crippen LogP contribution is 2.34. The quantitative estimate of drug-likeness (QED) is 0.658. The van der Waals surface area contributed by atoms with Gasteiger partial charge in [-0.15, -0.1) is 0 Å². The normalized spacial score (nSPS) is 12.9. The van der Waals surface area contributed by atoms with Crippen LogP contribution in [0.1, 0.15) is 35.4 Å². The number of rotatable bonds is 4. The van der Waals surface area contributed by atoms with E-state index < -0.39 is 5.95 Å². The Morgan fingerprint density at radius 2 is 2.00 bits per heavy atom. The lowest BCUT2D eigenvalue weighted by Gasteiger charge is -2.20. The molecular formula is C21H17FN4O. The van der Waals surface area contributed by atoms with Gasteiger partial charge in [-0.2, -0.15) is 9.65 Å². The second kappa shape index (κ2) is 7.50. The van der Waals surface area contributed by atoms with Gasteiger partial charge in [-0.3, -0.25) is 4.98 Å². The molecule has 0 aromatic carbocycles. The van der Waals surface area contributed by atoms with Crippen LogP contribution < -0.4 is 4.74 Å². The van der Waals surface area contributed by atoms with E-state index in [1.54, 1.807) is 12.3 Å². The van der Waals surface area contributed by atoms with Crippen molar-refractivity contribution in [2.75, 3.05) is 0 Å². The van der Waals surface area contributed by atoms with E-state index in [0.717, 1.165) is 42.6 Å². The Morgan fingerprint density at radius 1 is 1.11 bits per heavy atom. The van der Waals surface area contributed by atoms with E-state index in [1.165, 1.54) is 12.3 Å². The van der Waals surface area contributed by atoms with E-state index in [-0.39, 0.29) is 6.61 Å². The van der Waals surface area contributed by atoms with Gasteiger partial charge in [0, 0.05) is 29.7 Å². The molecule has 3 heterocycles. The molecule has 0 bridgehead atoms. The molecule has 0 atom stereocenters. The van der Waals surface area contributed by atoms with Crippen LogP contribution in [0.4, 0.5) is 4.39 Å². The van der Waals surface area contributed by atoms with Crippen molar-refractivity contribution in [3.8, 4) is 23.1 Å². The third-order valence-corrected chi connectivity index (χ3v) is 4.63. The minimum absolute atomic E-state index is 0.283. The summed E-state index contributed by atoms with van der Waals surface area (Å²) >= 11 is 0. The van der Waals surface area contributed by atoms with Crippen LogP contribution >= 0.6 is 0 Å². The van der Waals surface area contributed by atoms with Gasteiger partial charge >= 0.3 is 0 Å². The summed E-state index contributed by atoms with van der Waals surface area (Å²) in [4.78, 5) is 12.6. The number of ether oxygens (including phenoxy) is 1. The number of fused-ring (bicyclic) bond motifs is 1. The van der Waals surface area contributed by atoms with Gasteiger partial charge in [-0.25, -0.2) is 9.97 Å². The average Bonchev–Trinajstić information content (AvgIpc) is 2.73. The summed E-state index contributed by atoms with van der Waals surface area (Å²) in [6, 6.07) is 10.9. The first-order valence-electron chi connectivity index (χ1n) is 8.86. The maximum absolute atomic E-state index is 14.5. The highest BCUT2D eigenvalue weighted by molar-refractivity contribution is 5.70. The summed E-state index contributed by atoms with van der Waals surface area (Å²) in [5.41, 5.74) is 4.08. The van der Waals surface area contributed by atoms with Gasteiger partial charge in [0.1, 0.15) is 12.7 Å². The predicted octanol–water partition coefficient (Wildman–Crippen LogP) is 4.01. The molecule has 3 aromatic rings. The van der Waals surface area contributed by atoms with Gasteiger partial charge in [0.15, 0.2) is 0 Å². The first-order chi connectivity index (χ1) is 13.2. The molecule has 0 unspecified atom stereocenters. The van der Waals surface area contributed by atoms with E-state index in [4.69, 9.17) is 10.00 Å². The Labute approximate surface area is 156 Å². The summed E-state index contributed by atoms with van der Waals surface area (Å²) < 4.78 is 20.3. The summed E-state index contributed by atoms with van der Waals surface area (Å²) in [5, 5.41) is 9.15. The lowest BCUT2D eigenvalue weighted by molar-refractivity contribution is 0.288. The molecule has 0 aliphatic heterocycles. The number of halogens is 1. The van der Waals surface area contributed by atoms with Crippen molar-refractivity contribution in [3.63, 3.8) is 0 Å². The highest BCUT2D eigenvalue weighted by atomic mass is 19.1. The molecular weight excluding hydrogens is 343 g/mol. The average molecular weight is 360 g/mol. The zero-order chi connectivity index (χ0) is 18.6. The number of hydrogen-bond donors (Lipinski definition) is 0. The van der Waals surface area contributed by atoms with Gasteiger partial charge < -0.3 is 4.74 Å². The van der Waals surface area contributed by atoms with Crippen molar-refractivity contribution in [1.29, 1.82) is 5.26 Å².